The Bertz CT molecular complexity index is 1010. The zero-order valence-electron chi connectivity index (χ0n) is 19.7. The fourth-order valence-electron chi connectivity index (χ4n) is 3.27. The molecule has 5 nitrogen and oxygen atoms in total. The van der Waals surface area contributed by atoms with Gasteiger partial charge in [-0.05, 0) is 19.1 Å². The van der Waals surface area contributed by atoms with Crippen molar-refractivity contribution in [1.29, 1.82) is 0 Å². The van der Waals surface area contributed by atoms with Gasteiger partial charge in [-0.15, -0.1) is 0 Å². The Kier molecular flexibility index (Phi) is 12.6. The molecule has 3 aromatic carbocycles. The van der Waals surface area contributed by atoms with Crippen LogP contribution in [-0.4, -0.2) is 52.1 Å². The summed E-state index contributed by atoms with van der Waals surface area (Å²) in [4.78, 5) is -0.0666. The standard InChI is InChI=1S/C20H27AsO2.C7H8O3S/c22-15-3-1-5-17-7-11-19(12-8-17)21-20-13-9-18(10-14-20)6-2-4-16-23;1-6-2-4-7(5-3-6)11(8,9)10/h7-14,21-23H,1-6,15-16H2;2-5H,1H3,(H,8,9,10). The average Bonchev–Trinajstić information content (AvgIpc) is 2.82. The van der Waals surface area contributed by atoms with Crippen molar-refractivity contribution in [3.8, 4) is 0 Å². The van der Waals surface area contributed by atoms with E-state index in [4.69, 9.17) is 14.8 Å². The zero-order chi connectivity index (χ0) is 24.8. The predicted molar refractivity (Wildman–Crippen MR) is 140 cm³/mol. The first-order chi connectivity index (χ1) is 16.3. The monoisotopic (exact) mass is 546 g/mol. The third kappa shape index (κ3) is 11.0. The van der Waals surface area contributed by atoms with Crippen molar-refractivity contribution in [2.75, 3.05) is 13.2 Å². The number of aliphatic hydroxyl groups is 2. The second-order valence-electron chi connectivity index (χ2n) is 8.17. The van der Waals surface area contributed by atoms with Crippen LogP contribution in [0, 0.1) is 6.92 Å². The van der Waals surface area contributed by atoms with Crippen molar-refractivity contribution in [1.82, 2.24) is 0 Å². The average molecular weight is 547 g/mol. The van der Waals surface area contributed by atoms with Gasteiger partial charge >= 0.3 is 146 Å². The number of rotatable bonds is 11. The molecule has 0 radical (unpaired) electrons. The maximum absolute atomic E-state index is 10.5. The van der Waals surface area contributed by atoms with Crippen molar-refractivity contribution < 1.29 is 23.2 Å². The molecule has 0 fully saturated rings. The normalized spacial score (nSPS) is 11.1. The van der Waals surface area contributed by atoms with Crippen LogP contribution in [0.4, 0.5) is 0 Å². The van der Waals surface area contributed by atoms with Gasteiger partial charge in [0.05, 0.1) is 4.90 Å². The van der Waals surface area contributed by atoms with Crippen LogP contribution < -0.4 is 8.70 Å². The number of hydrogen-bond donors (Lipinski definition) is 3. The molecule has 0 aliphatic carbocycles. The van der Waals surface area contributed by atoms with Crippen molar-refractivity contribution in [2.45, 2.75) is 50.3 Å². The molecule has 0 saturated heterocycles. The van der Waals surface area contributed by atoms with Gasteiger partial charge in [-0.3, -0.25) is 4.55 Å². The van der Waals surface area contributed by atoms with Crippen LogP contribution in [0.1, 0.15) is 42.4 Å². The minimum absolute atomic E-state index is 0.0666. The Morgan fingerprint density at radius 3 is 1.41 bits per heavy atom. The SMILES string of the molecule is Cc1ccc(S(=O)(=O)O)cc1.OCCCCc1ccc([AsH]c2ccc(CCCCO)cc2)cc1. The van der Waals surface area contributed by atoms with E-state index in [2.05, 4.69) is 48.5 Å². The Hall–Kier alpha value is -1.95. The molecule has 7 heteroatoms. The molecule has 3 N–H and O–H groups in total. The Morgan fingerprint density at radius 2 is 1.06 bits per heavy atom. The first kappa shape index (κ1) is 28.3. The van der Waals surface area contributed by atoms with E-state index in [1.54, 1.807) is 12.1 Å². The number of unbranched alkanes of at least 4 members (excludes halogenated alkanes) is 2. The van der Waals surface area contributed by atoms with Crippen molar-refractivity contribution >= 4 is 34.6 Å². The molecule has 0 unspecified atom stereocenters. The Balaban J connectivity index is 0.000000310. The van der Waals surface area contributed by atoms with Crippen LogP contribution >= 0.6 is 0 Å². The number of benzene rings is 3. The van der Waals surface area contributed by atoms with Crippen molar-refractivity contribution in [2.24, 2.45) is 0 Å². The van der Waals surface area contributed by atoms with Gasteiger partial charge in [0.25, 0.3) is 10.1 Å². The molecule has 0 heterocycles. The fraction of sp³-hybridized carbons (Fsp3) is 0.333. The van der Waals surface area contributed by atoms with E-state index in [1.165, 1.54) is 32.0 Å². The van der Waals surface area contributed by atoms with Gasteiger partial charge in [0.15, 0.2) is 0 Å². The third-order valence-electron chi connectivity index (χ3n) is 5.26. The molecule has 0 saturated carbocycles. The number of hydrogen-bond acceptors (Lipinski definition) is 4. The van der Waals surface area contributed by atoms with E-state index in [9.17, 15) is 8.42 Å². The summed E-state index contributed by atoms with van der Waals surface area (Å²) in [5, 5.41) is 17.7. The molecule has 34 heavy (non-hydrogen) atoms. The first-order valence-corrected chi connectivity index (χ1v) is 15.1. The van der Waals surface area contributed by atoms with Crippen LogP contribution in [0.15, 0.2) is 77.7 Å². The predicted octanol–water partition coefficient (Wildman–Crippen LogP) is 2.95. The minimum atomic E-state index is -4.02. The summed E-state index contributed by atoms with van der Waals surface area (Å²) < 4.78 is 32.5. The van der Waals surface area contributed by atoms with Gasteiger partial charge in [-0.2, -0.15) is 8.42 Å². The third-order valence-corrected chi connectivity index (χ3v) is 8.74. The van der Waals surface area contributed by atoms with E-state index in [-0.39, 0.29) is 20.6 Å². The van der Waals surface area contributed by atoms with E-state index < -0.39 is 10.1 Å². The second kappa shape index (κ2) is 15.1. The number of aryl methyl sites for hydroxylation is 3. The first-order valence-electron chi connectivity index (χ1n) is 11.5. The molecule has 184 valence electrons. The summed E-state index contributed by atoms with van der Waals surface area (Å²) >= 11 is -0.257. The maximum atomic E-state index is 10.5. The van der Waals surface area contributed by atoms with Crippen LogP contribution in [0.5, 0.6) is 0 Å². The van der Waals surface area contributed by atoms with Gasteiger partial charge in [0, 0.05) is 0 Å². The quantitative estimate of drug-likeness (QED) is 0.195. The van der Waals surface area contributed by atoms with Crippen molar-refractivity contribution in [3.05, 3.63) is 89.5 Å². The van der Waals surface area contributed by atoms with E-state index in [0.29, 0.717) is 13.2 Å². The molecule has 0 atom stereocenters. The van der Waals surface area contributed by atoms with Crippen LogP contribution in [-0.2, 0) is 23.0 Å². The van der Waals surface area contributed by atoms with E-state index in [0.717, 1.165) is 44.1 Å². The summed E-state index contributed by atoms with van der Waals surface area (Å²) in [5.41, 5.74) is 3.69. The molecule has 0 aromatic heterocycles. The van der Waals surface area contributed by atoms with Gasteiger partial charge in [0.1, 0.15) is 0 Å². The van der Waals surface area contributed by atoms with Crippen LogP contribution in [0.3, 0.4) is 0 Å². The Labute approximate surface area is 210 Å². The van der Waals surface area contributed by atoms with Gasteiger partial charge in [-0.1, -0.05) is 17.7 Å². The molecule has 0 aliphatic heterocycles. The molecular weight excluding hydrogens is 511 g/mol. The number of aliphatic hydroxyl groups excluding tert-OH is 2. The van der Waals surface area contributed by atoms with Gasteiger partial charge < -0.3 is 0 Å². The van der Waals surface area contributed by atoms with Gasteiger partial charge in [-0.25, -0.2) is 0 Å². The van der Waals surface area contributed by atoms with Crippen LogP contribution in [0.2, 0.25) is 0 Å². The summed E-state index contributed by atoms with van der Waals surface area (Å²) in [6, 6.07) is 24.0. The van der Waals surface area contributed by atoms with E-state index in [1.807, 2.05) is 6.92 Å². The molecule has 3 aromatic rings. The second-order valence-corrected chi connectivity index (χ2v) is 12.5. The molecule has 0 aliphatic rings. The molecule has 0 amide bonds. The molecular formula is C27H35AsO5S. The zero-order valence-corrected chi connectivity index (χ0v) is 22.6. The van der Waals surface area contributed by atoms with Gasteiger partial charge in [0.2, 0.25) is 0 Å². The Morgan fingerprint density at radius 1 is 0.647 bits per heavy atom. The molecule has 0 bridgehead atoms. The van der Waals surface area contributed by atoms with E-state index >= 15 is 0 Å². The van der Waals surface area contributed by atoms with Crippen molar-refractivity contribution in [3.63, 3.8) is 0 Å². The summed E-state index contributed by atoms with van der Waals surface area (Å²) in [5.74, 6) is 0. The van der Waals surface area contributed by atoms with Crippen LogP contribution in [0.25, 0.3) is 0 Å². The molecule has 0 spiro atoms. The topological polar surface area (TPSA) is 94.8 Å². The summed E-state index contributed by atoms with van der Waals surface area (Å²) in [6.45, 7) is 2.42. The summed E-state index contributed by atoms with van der Waals surface area (Å²) in [7, 11) is -4.02. The molecule has 3 rings (SSSR count). The fourth-order valence-corrected chi connectivity index (χ4v) is 5.85. The summed E-state index contributed by atoms with van der Waals surface area (Å²) in [6.07, 6.45) is 6.01.